The first-order valence-corrected chi connectivity index (χ1v) is 9.34. The van der Waals surface area contributed by atoms with E-state index < -0.39 is 29.2 Å². The number of carbonyl (C=O) groups excluding carboxylic acids is 1. The van der Waals surface area contributed by atoms with Crippen molar-refractivity contribution in [1.82, 2.24) is 4.98 Å². The van der Waals surface area contributed by atoms with Gasteiger partial charge in [-0.05, 0) is 42.5 Å². The molecule has 34 heavy (non-hydrogen) atoms. The van der Waals surface area contributed by atoms with Crippen LogP contribution < -0.4 is 50.0 Å². The van der Waals surface area contributed by atoms with E-state index in [2.05, 4.69) is 15.6 Å². The van der Waals surface area contributed by atoms with Crippen LogP contribution in [0.3, 0.4) is 0 Å². The summed E-state index contributed by atoms with van der Waals surface area (Å²) in [4.78, 5) is 16.1. The van der Waals surface area contributed by atoms with Crippen LogP contribution in [0.5, 0.6) is 17.2 Å². The zero-order chi connectivity index (χ0) is 23.5. The fourth-order valence-corrected chi connectivity index (χ4v) is 2.98. The third-order valence-corrected chi connectivity index (χ3v) is 4.52. The Kier molecular flexibility index (Phi) is 7.63. The second-order valence-corrected chi connectivity index (χ2v) is 6.73. The molecule has 0 saturated carbocycles. The monoisotopic (exact) mass is 472 g/mol. The number of urea groups is 1. The van der Waals surface area contributed by atoms with Gasteiger partial charge in [0.1, 0.15) is 29.0 Å². The Bertz CT molecular complexity index is 1440. The number of rotatable bonds is 4. The molecular formula is C23H12F3N4NaO3. The van der Waals surface area contributed by atoms with Crippen molar-refractivity contribution < 1.29 is 57.4 Å². The van der Waals surface area contributed by atoms with Crippen molar-refractivity contribution in [2.75, 3.05) is 10.6 Å². The molecule has 0 spiro atoms. The van der Waals surface area contributed by atoms with Crippen molar-refractivity contribution in [2.45, 2.75) is 0 Å². The first-order chi connectivity index (χ1) is 15.8. The smallest absolute Gasteiger partial charge is 0.872 e. The number of pyridine rings is 1. The number of aromatic nitrogens is 1. The predicted octanol–water partition coefficient (Wildman–Crippen LogP) is 2.04. The summed E-state index contributed by atoms with van der Waals surface area (Å²) in [5.74, 6) is -2.81. The molecular weight excluding hydrogens is 460 g/mol. The molecule has 11 heteroatoms. The molecule has 0 unspecified atom stereocenters. The third-order valence-electron chi connectivity index (χ3n) is 4.52. The number of fused-ring (bicyclic) bond motifs is 1. The minimum atomic E-state index is -0.984. The van der Waals surface area contributed by atoms with Crippen molar-refractivity contribution >= 4 is 28.3 Å². The first-order valence-electron chi connectivity index (χ1n) is 9.34. The van der Waals surface area contributed by atoms with Crippen LogP contribution >= 0.6 is 0 Å². The normalized spacial score (nSPS) is 10.2. The molecule has 2 N–H and O–H groups in total. The molecule has 2 amide bonds. The molecule has 0 atom stereocenters. The van der Waals surface area contributed by atoms with Crippen LogP contribution in [0.15, 0.2) is 60.8 Å². The predicted molar refractivity (Wildman–Crippen MR) is 111 cm³/mol. The number of ether oxygens (including phenoxy) is 1. The van der Waals surface area contributed by atoms with Crippen LogP contribution in [0.1, 0.15) is 5.56 Å². The van der Waals surface area contributed by atoms with Gasteiger partial charge in [0.15, 0.2) is 0 Å². The fourth-order valence-electron chi connectivity index (χ4n) is 2.98. The molecule has 0 bridgehead atoms. The number of nitrogens with one attached hydrogen (secondary N) is 2. The van der Waals surface area contributed by atoms with Crippen LogP contribution in [0, 0.1) is 28.8 Å². The van der Waals surface area contributed by atoms with Crippen LogP contribution in [-0.4, -0.2) is 11.0 Å². The number of hydrogen-bond acceptors (Lipinski definition) is 5. The van der Waals surface area contributed by atoms with E-state index in [9.17, 15) is 23.1 Å². The van der Waals surface area contributed by atoms with Gasteiger partial charge in [-0.25, -0.2) is 18.0 Å². The van der Waals surface area contributed by atoms with Gasteiger partial charge in [0, 0.05) is 29.3 Å². The van der Waals surface area contributed by atoms with Crippen LogP contribution in [-0.2, 0) is 0 Å². The van der Waals surface area contributed by atoms with Gasteiger partial charge in [0.2, 0.25) is 0 Å². The molecule has 164 valence electrons. The molecule has 1 heterocycles. The fraction of sp³-hybridized carbons (Fsp3) is 0. The van der Waals surface area contributed by atoms with Gasteiger partial charge in [-0.3, -0.25) is 4.98 Å². The Labute approximate surface area is 213 Å². The molecule has 0 aliphatic rings. The van der Waals surface area contributed by atoms with E-state index in [0.717, 1.165) is 18.2 Å². The van der Waals surface area contributed by atoms with Crippen LogP contribution in [0.25, 0.3) is 10.9 Å². The second kappa shape index (κ2) is 10.4. The number of carbonyl (C=O) groups is 1. The molecule has 1 aromatic heterocycles. The number of benzene rings is 3. The Morgan fingerprint density at radius 1 is 0.971 bits per heavy atom. The molecule has 4 rings (SSSR count). The molecule has 0 radical (unpaired) electrons. The number of anilines is 2. The summed E-state index contributed by atoms with van der Waals surface area (Å²) in [6, 6.07) is 11.1. The average Bonchev–Trinajstić information content (AvgIpc) is 2.77. The van der Waals surface area contributed by atoms with Crippen molar-refractivity contribution in [3.05, 3.63) is 83.8 Å². The number of nitrogens with zero attached hydrogens (tertiary/aromatic N) is 2. The molecule has 0 aliphatic carbocycles. The summed E-state index contributed by atoms with van der Waals surface area (Å²) in [5.41, 5.74) is -0.281. The van der Waals surface area contributed by atoms with Gasteiger partial charge < -0.3 is 20.5 Å². The van der Waals surface area contributed by atoms with E-state index in [1.807, 2.05) is 0 Å². The number of nitriles is 1. The molecule has 0 aliphatic heterocycles. The van der Waals surface area contributed by atoms with Gasteiger partial charge in [0.05, 0.1) is 23.0 Å². The molecule has 0 saturated heterocycles. The quantitative estimate of drug-likeness (QED) is 0.442. The van der Waals surface area contributed by atoms with Gasteiger partial charge >= 0.3 is 35.6 Å². The standard InChI is InChI=1S/C23H13F3N4O3.Na/c24-13-1-3-18(16(25)8-13)29-23(32)30-19-4-2-14(9-17(19)26)33-22-5-6-28-20-10-21(31)12(11-27)7-15(20)22;/h1-10,31H,(H2,29,30,32);/q;+1/p-1. The summed E-state index contributed by atoms with van der Waals surface area (Å²) >= 11 is 0. The van der Waals surface area contributed by atoms with E-state index in [1.165, 1.54) is 36.5 Å². The van der Waals surface area contributed by atoms with E-state index in [4.69, 9.17) is 10.00 Å². The maximum atomic E-state index is 14.5. The van der Waals surface area contributed by atoms with Crippen molar-refractivity contribution in [3.8, 4) is 23.3 Å². The zero-order valence-electron chi connectivity index (χ0n) is 17.5. The van der Waals surface area contributed by atoms with Gasteiger partial charge in [-0.1, -0.05) is 5.75 Å². The summed E-state index contributed by atoms with van der Waals surface area (Å²) in [5, 5.41) is 25.7. The summed E-state index contributed by atoms with van der Waals surface area (Å²) < 4.78 is 46.8. The molecule has 3 aromatic carbocycles. The van der Waals surface area contributed by atoms with Crippen LogP contribution in [0.2, 0.25) is 0 Å². The second-order valence-electron chi connectivity index (χ2n) is 6.73. The summed E-state index contributed by atoms with van der Waals surface area (Å²) in [6.45, 7) is 0. The third kappa shape index (κ3) is 5.40. The number of halogens is 3. The summed E-state index contributed by atoms with van der Waals surface area (Å²) in [7, 11) is 0. The van der Waals surface area contributed by atoms with Crippen molar-refractivity contribution in [3.63, 3.8) is 0 Å². The largest absolute Gasteiger partial charge is 1.00 e. The Morgan fingerprint density at radius 3 is 2.29 bits per heavy atom. The molecule has 4 aromatic rings. The van der Waals surface area contributed by atoms with Crippen molar-refractivity contribution in [2.24, 2.45) is 0 Å². The maximum absolute atomic E-state index is 14.5. The Morgan fingerprint density at radius 2 is 1.65 bits per heavy atom. The number of amides is 2. The Hall–Kier alpha value is -3.78. The molecule has 7 nitrogen and oxygen atoms in total. The van der Waals surface area contributed by atoms with E-state index >= 15 is 0 Å². The first kappa shape index (κ1) is 24.9. The van der Waals surface area contributed by atoms with E-state index in [0.29, 0.717) is 17.0 Å². The van der Waals surface area contributed by atoms with Crippen LogP contribution in [0.4, 0.5) is 29.3 Å². The maximum Gasteiger partial charge on any atom is 1.00 e. The SMILES string of the molecule is N#Cc1cc2c(Oc3ccc(NC(=O)Nc4ccc(F)cc4F)c(F)c3)ccnc2cc1[O-].[Na+]. The average molecular weight is 472 g/mol. The number of hydrogen-bond donors (Lipinski definition) is 2. The molecule has 0 fully saturated rings. The summed E-state index contributed by atoms with van der Waals surface area (Å²) in [6.07, 6.45) is 1.40. The van der Waals surface area contributed by atoms with E-state index in [1.54, 1.807) is 6.07 Å². The van der Waals surface area contributed by atoms with Gasteiger partial charge in [-0.15, -0.1) is 0 Å². The minimum absolute atomic E-state index is 0. The van der Waals surface area contributed by atoms with E-state index in [-0.39, 0.29) is 58.0 Å². The van der Waals surface area contributed by atoms with Gasteiger partial charge in [-0.2, -0.15) is 5.26 Å². The van der Waals surface area contributed by atoms with Crippen molar-refractivity contribution in [1.29, 1.82) is 5.26 Å². The zero-order valence-corrected chi connectivity index (χ0v) is 19.5. The minimum Gasteiger partial charge on any atom is -0.872 e. The Balaban J connectivity index is 0.00000324. The topological polar surface area (TPSA) is 110 Å². The van der Waals surface area contributed by atoms with Gasteiger partial charge in [0.25, 0.3) is 0 Å².